The molecule has 2 aliphatic rings. The maximum atomic E-state index is 13.5. The van der Waals surface area contributed by atoms with Crippen molar-refractivity contribution in [1.29, 1.82) is 0 Å². The van der Waals surface area contributed by atoms with Gasteiger partial charge in [0, 0.05) is 41.1 Å². The van der Waals surface area contributed by atoms with Gasteiger partial charge in [0.2, 0.25) is 0 Å². The molecule has 1 aliphatic carbocycles. The van der Waals surface area contributed by atoms with Crippen molar-refractivity contribution in [3.63, 3.8) is 0 Å². The molecule has 0 spiro atoms. The minimum atomic E-state index is -0.453. The van der Waals surface area contributed by atoms with Gasteiger partial charge in [-0.15, -0.1) is 0 Å². The second-order valence-corrected chi connectivity index (χ2v) is 9.60. The fraction of sp³-hybridized carbons (Fsp3) is 0.370. The van der Waals surface area contributed by atoms with Crippen LogP contribution in [0.3, 0.4) is 0 Å². The van der Waals surface area contributed by atoms with E-state index in [1.165, 1.54) is 0 Å². The van der Waals surface area contributed by atoms with E-state index in [4.69, 9.17) is 4.74 Å². The first kappa shape index (κ1) is 22.8. The predicted molar refractivity (Wildman–Crippen MR) is 129 cm³/mol. The number of allylic oxidation sites excluding steroid dienone is 3. The third-order valence-corrected chi connectivity index (χ3v) is 6.17. The Morgan fingerprint density at radius 3 is 2.58 bits per heavy atom. The second-order valence-electron chi connectivity index (χ2n) is 9.60. The van der Waals surface area contributed by atoms with Gasteiger partial charge >= 0.3 is 0 Å². The van der Waals surface area contributed by atoms with Crippen molar-refractivity contribution < 1.29 is 14.3 Å². The Labute approximate surface area is 195 Å². The van der Waals surface area contributed by atoms with Gasteiger partial charge in [0.25, 0.3) is 5.91 Å². The Hall–Kier alpha value is -3.41. The van der Waals surface area contributed by atoms with Crippen molar-refractivity contribution in [2.75, 3.05) is 11.9 Å². The summed E-state index contributed by atoms with van der Waals surface area (Å²) in [4.78, 5) is 31.2. The van der Waals surface area contributed by atoms with Gasteiger partial charge in [0.05, 0.1) is 6.61 Å². The molecular weight excluding hydrogens is 414 g/mol. The zero-order valence-electron chi connectivity index (χ0n) is 19.9. The molecule has 2 aromatic rings. The first-order valence-electron chi connectivity index (χ1n) is 11.4. The summed E-state index contributed by atoms with van der Waals surface area (Å²) in [6.45, 7) is 10.6. The van der Waals surface area contributed by atoms with E-state index in [1.54, 1.807) is 6.20 Å². The van der Waals surface area contributed by atoms with E-state index in [-0.39, 0.29) is 17.1 Å². The molecular formula is C27H31N3O3. The van der Waals surface area contributed by atoms with E-state index < -0.39 is 5.92 Å². The Morgan fingerprint density at radius 1 is 1.18 bits per heavy atom. The van der Waals surface area contributed by atoms with Crippen LogP contribution in [0.1, 0.15) is 57.6 Å². The lowest BCUT2D eigenvalue weighted by molar-refractivity contribution is -0.118. The largest absolute Gasteiger partial charge is 0.494 e. The number of hydrogen-bond donors (Lipinski definition) is 2. The number of Topliss-reactive ketones (excluding diaryl/α,β-unsaturated/α-hetero) is 1. The zero-order chi connectivity index (χ0) is 23.8. The van der Waals surface area contributed by atoms with Crippen molar-refractivity contribution in [3.8, 4) is 5.75 Å². The number of amides is 1. The predicted octanol–water partition coefficient (Wildman–Crippen LogP) is 5.03. The van der Waals surface area contributed by atoms with Gasteiger partial charge in [-0.2, -0.15) is 0 Å². The quantitative estimate of drug-likeness (QED) is 0.675. The van der Waals surface area contributed by atoms with Gasteiger partial charge in [-0.25, -0.2) is 4.98 Å². The molecule has 2 N–H and O–H groups in total. The number of pyridine rings is 1. The van der Waals surface area contributed by atoms with Crippen LogP contribution >= 0.6 is 0 Å². The van der Waals surface area contributed by atoms with Crippen LogP contribution in [-0.2, 0) is 9.59 Å². The number of hydrogen-bond acceptors (Lipinski definition) is 5. The van der Waals surface area contributed by atoms with Crippen LogP contribution in [0.2, 0.25) is 0 Å². The molecule has 1 aromatic heterocycles. The Morgan fingerprint density at radius 2 is 1.91 bits per heavy atom. The minimum Gasteiger partial charge on any atom is -0.494 e. The first-order chi connectivity index (χ1) is 15.7. The van der Waals surface area contributed by atoms with Gasteiger partial charge in [-0.3, -0.25) is 9.59 Å². The van der Waals surface area contributed by atoms with Crippen LogP contribution in [-0.4, -0.2) is 23.3 Å². The third-order valence-electron chi connectivity index (χ3n) is 6.17. The SMILES string of the molecule is CCOc1ccc(C2C(C(=O)Nc3cc(C)ccn3)=C(C)NC3=C2C(=O)CC(C)(C)C3)cc1. The highest BCUT2D eigenvalue weighted by molar-refractivity contribution is 6.09. The summed E-state index contributed by atoms with van der Waals surface area (Å²) in [5.41, 5.74) is 4.66. The molecule has 4 rings (SSSR count). The number of carbonyl (C=O) groups excluding carboxylic acids is 2. The minimum absolute atomic E-state index is 0.0825. The molecule has 1 aromatic carbocycles. The van der Waals surface area contributed by atoms with Gasteiger partial charge in [-0.05, 0) is 68.0 Å². The lowest BCUT2D eigenvalue weighted by Gasteiger charge is -2.39. The second kappa shape index (κ2) is 8.85. The molecule has 1 atom stereocenters. The molecule has 0 fully saturated rings. The summed E-state index contributed by atoms with van der Waals surface area (Å²) >= 11 is 0. The van der Waals surface area contributed by atoms with Crippen molar-refractivity contribution in [2.45, 2.75) is 53.4 Å². The maximum Gasteiger partial charge on any atom is 0.255 e. The van der Waals surface area contributed by atoms with Gasteiger partial charge < -0.3 is 15.4 Å². The highest BCUT2D eigenvalue weighted by atomic mass is 16.5. The smallest absolute Gasteiger partial charge is 0.255 e. The van der Waals surface area contributed by atoms with Crippen LogP contribution in [0, 0.1) is 12.3 Å². The molecule has 33 heavy (non-hydrogen) atoms. The molecule has 1 amide bonds. The topological polar surface area (TPSA) is 80.3 Å². The van der Waals surface area contributed by atoms with Crippen molar-refractivity contribution in [2.24, 2.45) is 5.41 Å². The van der Waals surface area contributed by atoms with Crippen LogP contribution in [0.15, 0.2) is 65.1 Å². The molecule has 1 aliphatic heterocycles. The Bertz CT molecular complexity index is 1160. The van der Waals surface area contributed by atoms with Crippen LogP contribution in [0.4, 0.5) is 5.82 Å². The highest BCUT2D eigenvalue weighted by Crippen LogP contribution is 2.46. The zero-order valence-corrected chi connectivity index (χ0v) is 19.9. The number of nitrogens with one attached hydrogen (secondary N) is 2. The molecule has 2 heterocycles. The number of rotatable bonds is 5. The average molecular weight is 446 g/mol. The molecule has 0 saturated heterocycles. The van der Waals surface area contributed by atoms with Crippen LogP contribution in [0.25, 0.3) is 0 Å². The van der Waals surface area contributed by atoms with E-state index in [0.717, 1.165) is 34.7 Å². The number of aromatic nitrogens is 1. The van der Waals surface area contributed by atoms with Crippen LogP contribution < -0.4 is 15.4 Å². The third kappa shape index (κ3) is 4.70. The molecule has 1 unspecified atom stereocenters. The summed E-state index contributed by atoms with van der Waals surface area (Å²) in [6, 6.07) is 11.4. The van der Waals surface area contributed by atoms with Crippen LogP contribution in [0.5, 0.6) is 5.75 Å². The van der Waals surface area contributed by atoms with Crippen molar-refractivity contribution in [3.05, 3.63) is 76.3 Å². The number of carbonyl (C=O) groups is 2. The summed E-state index contributed by atoms with van der Waals surface area (Å²) < 4.78 is 5.60. The number of ether oxygens (including phenoxy) is 1. The van der Waals surface area contributed by atoms with Crippen molar-refractivity contribution >= 4 is 17.5 Å². The monoisotopic (exact) mass is 445 g/mol. The number of benzene rings is 1. The highest BCUT2D eigenvalue weighted by Gasteiger charge is 2.42. The average Bonchev–Trinajstić information content (AvgIpc) is 2.72. The normalized spacial score (nSPS) is 19.7. The molecule has 172 valence electrons. The molecule has 0 radical (unpaired) electrons. The van der Waals surface area contributed by atoms with E-state index in [0.29, 0.717) is 30.0 Å². The van der Waals surface area contributed by atoms with Gasteiger partial charge in [0.15, 0.2) is 5.78 Å². The van der Waals surface area contributed by atoms with Gasteiger partial charge in [-0.1, -0.05) is 26.0 Å². The lowest BCUT2D eigenvalue weighted by Crippen LogP contribution is -2.39. The number of ketones is 1. The van der Waals surface area contributed by atoms with E-state index in [2.05, 4.69) is 29.5 Å². The number of anilines is 1. The molecule has 6 nitrogen and oxygen atoms in total. The molecule has 0 saturated carbocycles. The molecule has 6 heteroatoms. The fourth-order valence-corrected chi connectivity index (χ4v) is 4.78. The molecule has 0 bridgehead atoms. The van der Waals surface area contributed by atoms with E-state index >= 15 is 0 Å². The summed E-state index contributed by atoms with van der Waals surface area (Å²) in [5.74, 6) is 0.614. The number of nitrogens with zero attached hydrogens (tertiary/aromatic N) is 1. The van der Waals surface area contributed by atoms with E-state index in [1.807, 2.05) is 57.2 Å². The Balaban J connectivity index is 1.78. The standard InChI is InChI=1S/C27H31N3O3/c1-6-33-19-9-7-18(8-10-19)24-23(26(32)30-22-13-16(2)11-12-28-22)17(3)29-20-14-27(4,5)15-21(31)25(20)24/h7-13,24,29H,6,14-15H2,1-5H3,(H,28,30,32). The summed E-state index contributed by atoms with van der Waals surface area (Å²) in [5, 5.41) is 6.33. The fourth-order valence-electron chi connectivity index (χ4n) is 4.78. The number of dihydropyridines is 1. The van der Waals surface area contributed by atoms with Crippen molar-refractivity contribution in [1.82, 2.24) is 10.3 Å². The van der Waals surface area contributed by atoms with Gasteiger partial charge in [0.1, 0.15) is 11.6 Å². The summed E-state index contributed by atoms with van der Waals surface area (Å²) in [6.07, 6.45) is 2.88. The lowest BCUT2D eigenvalue weighted by atomic mass is 9.68. The summed E-state index contributed by atoms with van der Waals surface area (Å²) in [7, 11) is 0. The first-order valence-corrected chi connectivity index (χ1v) is 11.4. The number of aryl methyl sites for hydroxylation is 1. The Kier molecular flexibility index (Phi) is 6.11. The maximum absolute atomic E-state index is 13.5. The van der Waals surface area contributed by atoms with E-state index in [9.17, 15) is 9.59 Å².